The monoisotopic (exact) mass is 372 g/mol. The summed E-state index contributed by atoms with van der Waals surface area (Å²) >= 11 is 0. The zero-order chi connectivity index (χ0) is 19.4. The number of carboxylic acids is 1. The van der Waals surface area contributed by atoms with Gasteiger partial charge in [-0.1, -0.05) is 0 Å². The van der Waals surface area contributed by atoms with E-state index in [2.05, 4.69) is 0 Å². The van der Waals surface area contributed by atoms with Crippen LogP contribution < -0.4 is 16.2 Å². The molecule has 0 unspecified atom stereocenters. The molecule has 0 aliphatic carbocycles. The first-order valence-corrected chi connectivity index (χ1v) is 8.11. The number of carbonyl (C=O) groups is 1. The second-order valence-corrected chi connectivity index (χ2v) is 6.26. The van der Waals surface area contributed by atoms with Crippen LogP contribution in [-0.2, 0) is 10.1 Å². The van der Waals surface area contributed by atoms with Crippen molar-refractivity contribution < 1.29 is 32.0 Å². The van der Waals surface area contributed by atoms with Gasteiger partial charge in [-0.25, -0.2) is 9.18 Å². The number of ether oxygens (including phenoxy) is 1. The Morgan fingerprint density at radius 2 is 1.76 bits per heavy atom. The molecule has 0 spiro atoms. The summed E-state index contributed by atoms with van der Waals surface area (Å²) in [6.07, 6.45) is 0. The Balaban J connectivity index is 0.000000257. The molecular formula is C15H17FN2O6S. The summed E-state index contributed by atoms with van der Waals surface area (Å²) in [7, 11) is -2.79. The molecule has 0 fully saturated rings. The number of nitrogen functional groups attached to an aromatic ring is 2. The van der Waals surface area contributed by atoms with Crippen LogP contribution in [0, 0.1) is 12.7 Å². The highest BCUT2D eigenvalue weighted by Gasteiger charge is 2.15. The molecule has 25 heavy (non-hydrogen) atoms. The van der Waals surface area contributed by atoms with E-state index in [1.807, 2.05) is 0 Å². The van der Waals surface area contributed by atoms with Crippen molar-refractivity contribution in [2.75, 3.05) is 18.6 Å². The molecule has 136 valence electrons. The van der Waals surface area contributed by atoms with Crippen LogP contribution in [0.15, 0.2) is 35.2 Å². The van der Waals surface area contributed by atoms with E-state index in [1.54, 1.807) is 6.92 Å². The maximum Gasteiger partial charge on any atom is 0.337 e. The first kappa shape index (κ1) is 20.2. The summed E-state index contributed by atoms with van der Waals surface area (Å²) < 4.78 is 47.8. The van der Waals surface area contributed by atoms with Gasteiger partial charge in [-0.15, -0.1) is 0 Å². The number of benzene rings is 2. The normalized spacial score (nSPS) is 10.6. The molecule has 0 aliphatic rings. The van der Waals surface area contributed by atoms with Crippen LogP contribution in [0.2, 0.25) is 0 Å². The van der Waals surface area contributed by atoms with Gasteiger partial charge < -0.3 is 21.3 Å². The number of rotatable bonds is 3. The molecule has 2 rings (SSSR count). The number of anilines is 2. The number of aromatic carboxylic acids is 1. The van der Waals surface area contributed by atoms with Gasteiger partial charge in [0.1, 0.15) is 11.6 Å². The van der Waals surface area contributed by atoms with Crippen LogP contribution in [0.25, 0.3) is 0 Å². The molecule has 6 N–H and O–H groups in total. The molecule has 2 aromatic rings. The SMILES string of the molecule is COc1cc(C)c(S(=O)(=O)O)cc1N.Nc1cc(F)ccc1C(=O)O. The molecule has 10 heteroatoms. The lowest BCUT2D eigenvalue weighted by Crippen LogP contribution is -2.03. The summed E-state index contributed by atoms with van der Waals surface area (Å²) in [5.41, 5.74) is 11.1. The second kappa shape index (κ2) is 7.81. The van der Waals surface area contributed by atoms with Crippen molar-refractivity contribution >= 4 is 27.5 Å². The molecule has 0 radical (unpaired) electrons. The minimum Gasteiger partial charge on any atom is -0.495 e. The van der Waals surface area contributed by atoms with Crippen LogP contribution in [0.4, 0.5) is 15.8 Å². The molecule has 0 atom stereocenters. The first-order valence-electron chi connectivity index (χ1n) is 6.67. The molecule has 0 amide bonds. The van der Waals surface area contributed by atoms with E-state index < -0.39 is 21.9 Å². The number of hydrogen-bond acceptors (Lipinski definition) is 6. The number of carboxylic acid groups (broad SMARTS) is 1. The van der Waals surface area contributed by atoms with Crippen molar-refractivity contribution in [2.45, 2.75) is 11.8 Å². The number of methoxy groups -OCH3 is 1. The van der Waals surface area contributed by atoms with E-state index in [-0.39, 0.29) is 21.8 Å². The minimum absolute atomic E-state index is 0.0579. The second-order valence-electron chi connectivity index (χ2n) is 4.87. The number of hydrogen-bond donors (Lipinski definition) is 4. The van der Waals surface area contributed by atoms with Crippen LogP contribution in [0.3, 0.4) is 0 Å². The van der Waals surface area contributed by atoms with Gasteiger partial charge in [-0.2, -0.15) is 8.42 Å². The fourth-order valence-electron chi connectivity index (χ4n) is 1.86. The topological polar surface area (TPSA) is 153 Å². The predicted molar refractivity (Wildman–Crippen MR) is 89.7 cm³/mol. The highest BCUT2D eigenvalue weighted by Crippen LogP contribution is 2.27. The van der Waals surface area contributed by atoms with E-state index >= 15 is 0 Å². The van der Waals surface area contributed by atoms with Crippen LogP contribution in [0.5, 0.6) is 5.75 Å². The molecule has 0 saturated heterocycles. The molecular weight excluding hydrogens is 355 g/mol. The summed E-state index contributed by atoms with van der Waals surface area (Å²) in [4.78, 5) is 10.1. The fourth-order valence-corrected chi connectivity index (χ4v) is 2.60. The van der Waals surface area contributed by atoms with Gasteiger partial charge in [-0.3, -0.25) is 4.55 Å². The average molecular weight is 372 g/mol. The van der Waals surface area contributed by atoms with Gasteiger partial charge >= 0.3 is 5.97 Å². The van der Waals surface area contributed by atoms with Gasteiger partial charge in [0.2, 0.25) is 0 Å². The van der Waals surface area contributed by atoms with E-state index in [0.717, 1.165) is 18.2 Å². The molecule has 8 nitrogen and oxygen atoms in total. The molecule has 2 aromatic carbocycles. The quantitative estimate of drug-likeness (QED) is 0.471. The Morgan fingerprint density at radius 3 is 2.20 bits per heavy atom. The summed E-state index contributed by atoms with van der Waals surface area (Å²) in [5.74, 6) is -1.30. The first-order chi connectivity index (χ1) is 11.5. The largest absolute Gasteiger partial charge is 0.495 e. The Bertz CT molecular complexity index is 899. The van der Waals surface area contributed by atoms with Crippen LogP contribution >= 0.6 is 0 Å². The van der Waals surface area contributed by atoms with Crippen molar-refractivity contribution in [3.63, 3.8) is 0 Å². The molecule has 0 aliphatic heterocycles. The Morgan fingerprint density at radius 1 is 1.16 bits per heavy atom. The Hall–Kier alpha value is -2.85. The number of halogens is 1. The van der Waals surface area contributed by atoms with Crippen molar-refractivity contribution in [1.29, 1.82) is 0 Å². The smallest absolute Gasteiger partial charge is 0.337 e. The standard InChI is InChI=1S/C8H11NO4S.C7H6FNO2/c1-5-3-7(13-2)6(9)4-8(5)14(10,11)12;8-4-1-2-5(7(10)11)6(9)3-4/h3-4H,9H2,1-2H3,(H,10,11,12);1-3H,9H2,(H,10,11). The molecule has 0 bridgehead atoms. The highest BCUT2D eigenvalue weighted by atomic mass is 32.2. The van der Waals surface area contributed by atoms with Crippen molar-refractivity contribution in [3.8, 4) is 5.75 Å². The van der Waals surface area contributed by atoms with Crippen LogP contribution in [-0.4, -0.2) is 31.2 Å². The summed E-state index contributed by atoms with van der Waals surface area (Å²) in [6, 6.07) is 5.79. The lowest BCUT2D eigenvalue weighted by Gasteiger charge is -2.08. The number of aryl methyl sites for hydroxylation is 1. The molecule has 0 aromatic heterocycles. The zero-order valence-electron chi connectivity index (χ0n) is 13.4. The third kappa shape index (κ3) is 5.33. The van der Waals surface area contributed by atoms with Crippen LogP contribution in [0.1, 0.15) is 15.9 Å². The summed E-state index contributed by atoms with van der Waals surface area (Å²) in [6.45, 7) is 1.55. The maximum absolute atomic E-state index is 12.3. The average Bonchev–Trinajstić information content (AvgIpc) is 2.48. The highest BCUT2D eigenvalue weighted by molar-refractivity contribution is 7.85. The Labute approximate surface area is 143 Å². The van der Waals surface area contributed by atoms with E-state index in [4.69, 9.17) is 25.9 Å². The van der Waals surface area contributed by atoms with Crippen molar-refractivity contribution in [2.24, 2.45) is 0 Å². The molecule has 0 heterocycles. The van der Waals surface area contributed by atoms with Crippen molar-refractivity contribution in [1.82, 2.24) is 0 Å². The third-order valence-corrected chi connectivity index (χ3v) is 4.04. The van der Waals surface area contributed by atoms with Gasteiger partial charge in [0.05, 0.1) is 23.3 Å². The fraction of sp³-hybridized carbons (Fsp3) is 0.133. The lowest BCUT2D eigenvalue weighted by atomic mass is 10.2. The summed E-state index contributed by atoms with van der Waals surface area (Å²) in [5, 5.41) is 8.45. The van der Waals surface area contributed by atoms with Crippen molar-refractivity contribution in [3.05, 3.63) is 47.3 Å². The van der Waals surface area contributed by atoms with Gasteiger partial charge in [0.25, 0.3) is 10.1 Å². The van der Waals surface area contributed by atoms with E-state index in [0.29, 0.717) is 11.3 Å². The maximum atomic E-state index is 12.3. The molecule has 0 saturated carbocycles. The van der Waals surface area contributed by atoms with Gasteiger partial charge in [0.15, 0.2) is 0 Å². The van der Waals surface area contributed by atoms with Gasteiger partial charge in [-0.05, 0) is 42.8 Å². The minimum atomic E-state index is -4.22. The lowest BCUT2D eigenvalue weighted by molar-refractivity contribution is 0.0698. The Kier molecular flexibility index (Phi) is 6.31. The van der Waals surface area contributed by atoms with E-state index in [1.165, 1.54) is 19.2 Å². The predicted octanol–water partition coefficient (Wildman–Crippen LogP) is 1.94. The number of nitrogens with two attached hydrogens (primary N) is 2. The van der Waals surface area contributed by atoms with E-state index in [9.17, 15) is 17.6 Å². The third-order valence-electron chi connectivity index (χ3n) is 3.05. The van der Waals surface area contributed by atoms with Gasteiger partial charge in [0, 0.05) is 5.69 Å². The zero-order valence-corrected chi connectivity index (χ0v) is 14.2.